The average molecular weight is 322 g/mol. The van der Waals surface area contributed by atoms with Crippen LogP contribution >= 0.6 is 0 Å². The normalized spacial score (nSPS) is 11.1. The number of H-pyrrole nitrogens is 1. The molecule has 0 saturated heterocycles. The summed E-state index contributed by atoms with van der Waals surface area (Å²) in [7, 11) is 3.21. The van der Waals surface area contributed by atoms with Crippen molar-refractivity contribution in [2.24, 2.45) is 0 Å². The van der Waals surface area contributed by atoms with E-state index in [-0.39, 0.29) is 5.78 Å². The molecule has 24 heavy (non-hydrogen) atoms. The Morgan fingerprint density at radius 3 is 2.46 bits per heavy atom. The van der Waals surface area contributed by atoms with E-state index in [9.17, 15) is 4.79 Å². The zero-order valence-corrected chi connectivity index (χ0v) is 13.8. The highest BCUT2D eigenvalue weighted by atomic mass is 16.5. The van der Waals surface area contributed by atoms with Gasteiger partial charge in [0.25, 0.3) is 0 Å². The first-order valence-corrected chi connectivity index (χ1v) is 7.50. The van der Waals surface area contributed by atoms with Crippen molar-refractivity contribution in [3.05, 3.63) is 59.6 Å². The molecule has 3 rings (SSSR count). The number of nitrogens with one attached hydrogen (secondary N) is 1. The van der Waals surface area contributed by atoms with Crippen LogP contribution in [0.3, 0.4) is 0 Å². The van der Waals surface area contributed by atoms with Crippen molar-refractivity contribution in [2.45, 2.75) is 6.92 Å². The maximum absolute atomic E-state index is 12.2. The molecule has 122 valence electrons. The molecule has 3 aromatic rings. The molecule has 0 aliphatic heterocycles. The van der Waals surface area contributed by atoms with E-state index in [0.29, 0.717) is 17.1 Å². The van der Waals surface area contributed by atoms with Gasteiger partial charge in [-0.1, -0.05) is 0 Å². The molecule has 0 amide bonds. The summed E-state index contributed by atoms with van der Waals surface area (Å²) in [6, 6.07) is 7.20. The molecule has 0 bridgehead atoms. The molecule has 0 fully saturated rings. The number of rotatable bonds is 5. The Morgan fingerprint density at radius 2 is 1.79 bits per heavy atom. The number of fused-ring (bicyclic) bond motifs is 1. The highest BCUT2D eigenvalue weighted by Gasteiger charge is 2.12. The minimum absolute atomic E-state index is 0.0633. The predicted molar refractivity (Wildman–Crippen MR) is 93.7 cm³/mol. The number of aryl methyl sites for hydroxylation is 1. The lowest BCUT2D eigenvalue weighted by Gasteiger charge is -2.07. The highest BCUT2D eigenvalue weighted by Crippen LogP contribution is 2.35. The Kier molecular flexibility index (Phi) is 4.33. The summed E-state index contributed by atoms with van der Waals surface area (Å²) in [6.07, 6.45) is 6.61. The topological polar surface area (TPSA) is 64.2 Å². The van der Waals surface area contributed by atoms with Gasteiger partial charge in [-0.2, -0.15) is 0 Å². The lowest BCUT2D eigenvalue weighted by Crippen LogP contribution is -1.93. The van der Waals surface area contributed by atoms with Gasteiger partial charge in [0.15, 0.2) is 17.3 Å². The second-order valence-electron chi connectivity index (χ2n) is 5.35. The number of ketones is 1. The van der Waals surface area contributed by atoms with Gasteiger partial charge in [0.1, 0.15) is 0 Å². The summed E-state index contributed by atoms with van der Waals surface area (Å²) in [6.45, 7) is 1.97. The molecular weight excluding hydrogens is 304 g/mol. The van der Waals surface area contributed by atoms with Crippen molar-refractivity contribution in [1.29, 1.82) is 0 Å². The Morgan fingerprint density at radius 1 is 1.12 bits per heavy atom. The summed E-state index contributed by atoms with van der Waals surface area (Å²) in [4.78, 5) is 19.5. The summed E-state index contributed by atoms with van der Waals surface area (Å²) in [5, 5.41) is 0.976. The van der Waals surface area contributed by atoms with Crippen LogP contribution in [0.1, 0.15) is 21.6 Å². The fraction of sp³-hybridized carbons (Fsp3) is 0.158. The van der Waals surface area contributed by atoms with Crippen LogP contribution in [0, 0.1) is 6.92 Å². The average Bonchev–Trinajstić information content (AvgIpc) is 2.93. The van der Waals surface area contributed by atoms with E-state index in [2.05, 4.69) is 9.97 Å². The second kappa shape index (κ2) is 6.58. The van der Waals surface area contributed by atoms with Crippen molar-refractivity contribution in [3.63, 3.8) is 0 Å². The van der Waals surface area contributed by atoms with Crippen molar-refractivity contribution in [1.82, 2.24) is 9.97 Å². The van der Waals surface area contributed by atoms with E-state index in [4.69, 9.17) is 9.47 Å². The first kappa shape index (κ1) is 15.8. The largest absolute Gasteiger partial charge is 0.493 e. The van der Waals surface area contributed by atoms with E-state index >= 15 is 0 Å². The molecule has 1 aromatic carbocycles. The van der Waals surface area contributed by atoms with Crippen molar-refractivity contribution >= 4 is 22.8 Å². The highest BCUT2D eigenvalue weighted by molar-refractivity contribution is 6.08. The van der Waals surface area contributed by atoms with Gasteiger partial charge in [0, 0.05) is 40.7 Å². The summed E-state index contributed by atoms with van der Waals surface area (Å²) in [5.41, 5.74) is 3.46. The molecule has 0 spiro atoms. The quantitative estimate of drug-likeness (QED) is 0.573. The molecule has 1 N–H and O–H groups in total. The molecule has 0 radical (unpaired) electrons. The molecule has 5 heteroatoms. The van der Waals surface area contributed by atoms with Gasteiger partial charge < -0.3 is 14.5 Å². The molecule has 5 nitrogen and oxygen atoms in total. The maximum Gasteiger partial charge on any atom is 0.185 e. The van der Waals surface area contributed by atoms with Crippen LogP contribution in [-0.4, -0.2) is 30.0 Å². The molecular formula is C19H18N2O3. The van der Waals surface area contributed by atoms with E-state index in [1.807, 2.05) is 25.1 Å². The second-order valence-corrected chi connectivity index (χ2v) is 5.35. The summed E-state index contributed by atoms with van der Waals surface area (Å²) < 4.78 is 10.7. The number of carbonyl (C=O) groups excluding carboxylic acids is 1. The fourth-order valence-electron chi connectivity index (χ4n) is 2.66. The third-order valence-electron chi connectivity index (χ3n) is 3.91. The van der Waals surface area contributed by atoms with Gasteiger partial charge in [-0.3, -0.25) is 9.78 Å². The Labute approximate surface area is 139 Å². The van der Waals surface area contributed by atoms with Crippen molar-refractivity contribution in [2.75, 3.05) is 14.2 Å². The standard InChI is InChI=1S/C19H18N2O3/c1-12-14(4-5-17(22)13-6-8-20-9-7-13)15-10-18(23-2)19(24-3)11-16(15)21-12/h4-11,21H,1-3H3/b5-4+. The number of allylic oxidation sites excluding steroid dienone is 1. The molecule has 0 atom stereocenters. The number of ether oxygens (including phenoxy) is 2. The number of aromatic nitrogens is 2. The van der Waals surface area contributed by atoms with Crippen LogP contribution in [0.15, 0.2) is 42.7 Å². The summed E-state index contributed by atoms with van der Waals surface area (Å²) >= 11 is 0. The van der Waals surface area contributed by atoms with Gasteiger partial charge in [-0.15, -0.1) is 0 Å². The van der Waals surface area contributed by atoms with Crippen molar-refractivity contribution < 1.29 is 14.3 Å². The number of methoxy groups -OCH3 is 2. The van der Waals surface area contributed by atoms with Crippen LogP contribution in [-0.2, 0) is 0 Å². The molecule has 0 saturated carbocycles. The lowest BCUT2D eigenvalue weighted by molar-refractivity contribution is 0.104. The van der Waals surface area contributed by atoms with Gasteiger partial charge in [0.05, 0.1) is 19.7 Å². The van der Waals surface area contributed by atoms with Gasteiger partial charge >= 0.3 is 0 Å². The van der Waals surface area contributed by atoms with Crippen molar-refractivity contribution in [3.8, 4) is 11.5 Å². The number of benzene rings is 1. The number of hydrogen-bond donors (Lipinski definition) is 1. The van der Waals surface area contributed by atoms with Crippen LogP contribution in [0.25, 0.3) is 17.0 Å². The zero-order valence-electron chi connectivity index (χ0n) is 13.8. The van der Waals surface area contributed by atoms with Gasteiger partial charge in [-0.25, -0.2) is 0 Å². The van der Waals surface area contributed by atoms with E-state index < -0.39 is 0 Å². The number of aromatic amines is 1. The SMILES string of the molecule is COc1cc2[nH]c(C)c(/C=C/C(=O)c3ccncc3)c2cc1OC. The van der Waals surface area contributed by atoms with Gasteiger partial charge in [-0.05, 0) is 37.3 Å². The maximum atomic E-state index is 12.2. The predicted octanol–water partition coefficient (Wildman–Crippen LogP) is 3.78. The minimum Gasteiger partial charge on any atom is -0.493 e. The Hall–Kier alpha value is -3.08. The van der Waals surface area contributed by atoms with Crippen LogP contribution in [0.2, 0.25) is 0 Å². The number of nitrogens with zero attached hydrogens (tertiary/aromatic N) is 1. The molecule has 2 aromatic heterocycles. The monoisotopic (exact) mass is 322 g/mol. The van der Waals surface area contributed by atoms with Crippen LogP contribution in [0.4, 0.5) is 0 Å². The molecule has 0 unspecified atom stereocenters. The number of carbonyl (C=O) groups is 1. The van der Waals surface area contributed by atoms with E-state index in [0.717, 1.165) is 22.2 Å². The van der Waals surface area contributed by atoms with E-state index in [1.54, 1.807) is 44.8 Å². The third-order valence-corrected chi connectivity index (χ3v) is 3.91. The first-order chi connectivity index (χ1) is 11.6. The van der Waals surface area contributed by atoms with Crippen LogP contribution in [0.5, 0.6) is 11.5 Å². The number of hydrogen-bond acceptors (Lipinski definition) is 4. The lowest BCUT2D eigenvalue weighted by atomic mass is 10.1. The Bertz CT molecular complexity index is 911. The zero-order chi connectivity index (χ0) is 17.1. The summed E-state index contributed by atoms with van der Waals surface area (Å²) in [5.74, 6) is 1.25. The minimum atomic E-state index is -0.0633. The number of pyridine rings is 1. The third kappa shape index (κ3) is 2.88. The molecule has 0 aliphatic carbocycles. The smallest absolute Gasteiger partial charge is 0.185 e. The first-order valence-electron chi connectivity index (χ1n) is 7.50. The fourth-order valence-corrected chi connectivity index (χ4v) is 2.66. The van der Waals surface area contributed by atoms with Crippen LogP contribution < -0.4 is 9.47 Å². The Balaban J connectivity index is 2.01. The van der Waals surface area contributed by atoms with Gasteiger partial charge in [0.2, 0.25) is 0 Å². The van der Waals surface area contributed by atoms with E-state index in [1.165, 1.54) is 0 Å². The molecule has 2 heterocycles. The molecule has 0 aliphatic rings.